The van der Waals surface area contributed by atoms with E-state index in [0.717, 1.165) is 62.1 Å². The number of fused-ring (bicyclic) bond motifs is 1. The van der Waals surface area contributed by atoms with Crippen LogP contribution in [0.2, 0.25) is 0 Å². The fourth-order valence-electron chi connectivity index (χ4n) is 6.37. The molecule has 3 atom stereocenters. The zero-order valence-electron chi connectivity index (χ0n) is 26.3. The summed E-state index contributed by atoms with van der Waals surface area (Å²) in [5, 5.41) is 2.98. The molecule has 234 valence electrons. The number of ether oxygens (including phenoxy) is 3. The van der Waals surface area contributed by atoms with Gasteiger partial charge in [0.2, 0.25) is 0 Å². The Morgan fingerprint density at radius 2 is 1.45 bits per heavy atom. The zero-order valence-corrected chi connectivity index (χ0v) is 26.3. The highest BCUT2D eigenvalue weighted by molar-refractivity contribution is 5.91. The standard InChI is InChI=1S/C37H46N2O5/c1-37(2,3)44-35(40)19-22-42-21-18-28-15-13-27(14-16-28)17-20-39-25-30-23-32(24-31(30)26-39)43-36(41)38-34-12-8-7-11-33(34)29-9-5-4-6-10-29/h4-16,30-32H,17-26H2,1-3H3,(H,38,41)/t30-,31?,32?/m1/s1. The average molecular weight is 599 g/mol. The van der Waals surface area contributed by atoms with Gasteiger partial charge < -0.3 is 19.1 Å². The number of amides is 1. The fraction of sp³-hybridized carbons (Fsp3) is 0.459. The van der Waals surface area contributed by atoms with Crippen LogP contribution in [0.3, 0.4) is 0 Å². The van der Waals surface area contributed by atoms with Gasteiger partial charge in [0.25, 0.3) is 0 Å². The van der Waals surface area contributed by atoms with E-state index in [1.165, 1.54) is 11.1 Å². The first-order valence-electron chi connectivity index (χ1n) is 15.9. The third-order valence-corrected chi connectivity index (χ3v) is 8.45. The van der Waals surface area contributed by atoms with Crippen LogP contribution in [0, 0.1) is 11.8 Å². The van der Waals surface area contributed by atoms with E-state index in [1.54, 1.807) is 0 Å². The normalized spacial score (nSPS) is 19.8. The van der Waals surface area contributed by atoms with Gasteiger partial charge in [0.05, 0.1) is 25.3 Å². The number of benzene rings is 3. The first kappa shape index (κ1) is 31.7. The number of para-hydroxylation sites is 1. The average Bonchev–Trinajstić information content (AvgIpc) is 3.54. The van der Waals surface area contributed by atoms with Crippen molar-refractivity contribution in [2.75, 3.05) is 38.2 Å². The van der Waals surface area contributed by atoms with Crippen LogP contribution in [0.5, 0.6) is 0 Å². The number of rotatable bonds is 12. The highest BCUT2D eigenvalue weighted by Crippen LogP contribution is 2.39. The summed E-state index contributed by atoms with van der Waals surface area (Å²) in [5.41, 5.74) is 4.94. The number of nitrogens with one attached hydrogen (secondary N) is 1. The molecule has 1 amide bonds. The van der Waals surface area contributed by atoms with E-state index in [1.807, 2.05) is 75.4 Å². The molecule has 1 saturated carbocycles. The van der Waals surface area contributed by atoms with Gasteiger partial charge in [-0.25, -0.2) is 4.79 Å². The summed E-state index contributed by atoms with van der Waals surface area (Å²) in [4.78, 5) is 27.1. The molecule has 7 nitrogen and oxygen atoms in total. The van der Waals surface area contributed by atoms with Crippen molar-refractivity contribution in [1.29, 1.82) is 0 Å². The van der Waals surface area contributed by atoms with Gasteiger partial charge >= 0.3 is 12.1 Å². The second-order valence-corrected chi connectivity index (χ2v) is 13.1. The van der Waals surface area contributed by atoms with Gasteiger partial charge in [0.1, 0.15) is 11.7 Å². The van der Waals surface area contributed by atoms with Crippen LogP contribution < -0.4 is 5.32 Å². The van der Waals surface area contributed by atoms with Crippen LogP contribution in [-0.4, -0.2) is 61.5 Å². The molecule has 0 bridgehead atoms. The highest BCUT2D eigenvalue weighted by atomic mass is 16.6. The molecule has 0 aromatic heterocycles. The number of carbonyl (C=O) groups excluding carboxylic acids is 2. The third-order valence-electron chi connectivity index (χ3n) is 8.45. The molecule has 7 heteroatoms. The molecule has 1 aliphatic carbocycles. The number of likely N-dealkylation sites (tertiary alicyclic amines) is 1. The number of hydrogen-bond donors (Lipinski definition) is 1. The lowest BCUT2D eigenvalue weighted by Gasteiger charge is -2.20. The van der Waals surface area contributed by atoms with E-state index < -0.39 is 5.60 Å². The lowest BCUT2D eigenvalue weighted by Crippen LogP contribution is -2.27. The molecule has 3 aromatic rings. The molecule has 2 unspecified atom stereocenters. The van der Waals surface area contributed by atoms with Crippen LogP contribution >= 0.6 is 0 Å². The summed E-state index contributed by atoms with van der Waals surface area (Å²) >= 11 is 0. The van der Waals surface area contributed by atoms with Gasteiger partial charge in [-0.2, -0.15) is 0 Å². The minimum absolute atomic E-state index is 0.0233. The lowest BCUT2D eigenvalue weighted by atomic mass is 10.0. The van der Waals surface area contributed by atoms with Gasteiger partial charge in [-0.15, -0.1) is 0 Å². The van der Waals surface area contributed by atoms with Crippen molar-refractivity contribution in [3.05, 3.63) is 90.0 Å². The summed E-state index contributed by atoms with van der Waals surface area (Å²) in [5.74, 6) is 0.949. The van der Waals surface area contributed by atoms with E-state index in [9.17, 15) is 9.59 Å². The molecule has 3 aromatic carbocycles. The fourth-order valence-corrected chi connectivity index (χ4v) is 6.37. The maximum Gasteiger partial charge on any atom is 0.411 e. The number of anilines is 1. The number of esters is 1. The summed E-state index contributed by atoms with van der Waals surface area (Å²) < 4.78 is 16.8. The quantitative estimate of drug-likeness (QED) is 0.176. The largest absolute Gasteiger partial charge is 0.460 e. The van der Waals surface area contributed by atoms with Gasteiger partial charge in [-0.3, -0.25) is 10.1 Å². The van der Waals surface area contributed by atoms with Crippen LogP contribution in [0.25, 0.3) is 11.1 Å². The Bertz CT molecular complexity index is 1350. The van der Waals surface area contributed by atoms with E-state index in [4.69, 9.17) is 14.2 Å². The molecule has 1 saturated heterocycles. The maximum atomic E-state index is 12.8. The predicted octanol–water partition coefficient (Wildman–Crippen LogP) is 7.15. The zero-order chi connectivity index (χ0) is 30.9. The Morgan fingerprint density at radius 3 is 2.14 bits per heavy atom. The van der Waals surface area contributed by atoms with Crippen molar-refractivity contribution in [3.8, 4) is 11.1 Å². The molecular formula is C37H46N2O5. The molecule has 0 radical (unpaired) electrons. The predicted molar refractivity (Wildman–Crippen MR) is 174 cm³/mol. The first-order valence-corrected chi connectivity index (χ1v) is 15.9. The molecule has 2 aliphatic rings. The van der Waals surface area contributed by atoms with Gasteiger partial charge in [0, 0.05) is 25.2 Å². The van der Waals surface area contributed by atoms with Crippen molar-refractivity contribution >= 4 is 17.7 Å². The van der Waals surface area contributed by atoms with E-state index in [0.29, 0.717) is 25.0 Å². The van der Waals surface area contributed by atoms with Gasteiger partial charge in [-0.1, -0.05) is 72.8 Å². The Morgan fingerprint density at radius 1 is 0.818 bits per heavy atom. The van der Waals surface area contributed by atoms with Crippen molar-refractivity contribution in [3.63, 3.8) is 0 Å². The minimum Gasteiger partial charge on any atom is -0.460 e. The Hall–Kier alpha value is -3.68. The topological polar surface area (TPSA) is 77.1 Å². The number of nitrogens with zero attached hydrogens (tertiary/aromatic N) is 1. The second-order valence-electron chi connectivity index (χ2n) is 13.1. The molecule has 1 heterocycles. The second kappa shape index (κ2) is 14.9. The summed E-state index contributed by atoms with van der Waals surface area (Å²) in [6, 6.07) is 26.7. The third kappa shape index (κ3) is 9.41. The minimum atomic E-state index is -0.457. The van der Waals surface area contributed by atoms with Crippen LogP contribution in [-0.2, 0) is 31.8 Å². The number of hydrogen-bond acceptors (Lipinski definition) is 6. The Labute approximate surface area is 261 Å². The summed E-state index contributed by atoms with van der Waals surface area (Å²) in [6.45, 7) is 9.77. The maximum absolute atomic E-state index is 12.8. The monoisotopic (exact) mass is 598 g/mol. The van der Waals surface area contributed by atoms with Crippen molar-refractivity contribution in [2.24, 2.45) is 11.8 Å². The van der Waals surface area contributed by atoms with Crippen LogP contribution in [0.1, 0.15) is 51.2 Å². The summed E-state index contributed by atoms with van der Waals surface area (Å²) in [7, 11) is 0. The lowest BCUT2D eigenvalue weighted by molar-refractivity contribution is -0.156. The van der Waals surface area contributed by atoms with Crippen LogP contribution in [0.15, 0.2) is 78.9 Å². The SMILES string of the molecule is CC(C)(C)OC(=O)CCOCCc1ccc(CCN2CC3CC(OC(=O)Nc4ccccc4-c4ccccc4)C[C@@H]3C2)cc1. The van der Waals surface area contributed by atoms with E-state index in [-0.39, 0.29) is 24.6 Å². The number of carbonyl (C=O) groups is 2. The smallest absolute Gasteiger partial charge is 0.411 e. The molecule has 44 heavy (non-hydrogen) atoms. The van der Waals surface area contributed by atoms with Crippen molar-refractivity contribution < 1.29 is 23.8 Å². The van der Waals surface area contributed by atoms with Crippen molar-refractivity contribution in [1.82, 2.24) is 4.90 Å². The van der Waals surface area contributed by atoms with E-state index >= 15 is 0 Å². The summed E-state index contributed by atoms with van der Waals surface area (Å²) in [6.07, 6.45) is 3.60. The Kier molecular flexibility index (Phi) is 10.7. The van der Waals surface area contributed by atoms with Gasteiger partial charge in [-0.05, 0) is 81.0 Å². The Balaban J connectivity index is 0.977. The molecule has 2 fully saturated rings. The van der Waals surface area contributed by atoms with Crippen molar-refractivity contribution in [2.45, 2.75) is 64.6 Å². The van der Waals surface area contributed by atoms with Crippen LogP contribution in [0.4, 0.5) is 10.5 Å². The highest BCUT2D eigenvalue weighted by Gasteiger charge is 2.42. The molecule has 1 N–H and O–H groups in total. The van der Waals surface area contributed by atoms with E-state index in [2.05, 4.69) is 34.5 Å². The molecule has 5 rings (SSSR count). The molecule has 1 aliphatic heterocycles. The molecular weight excluding hydrogens is 552 g/mol. The molecule has 0 spiro atoms. The van der Waals surface area contributed by atoms with Gasteiger partial charge in [0.15, 0.2) is 0 Å². The first-order chi connectivity index (χ1) is 21.2.